The third kappa shape index (κ3) is 2.04. The molecule has 0 saturated heterocycles. The number of aromatic nitrogens is 1. The van der Waals surface area contributed by atoms with E-state index in [1.807, 2.05) is 25.1 Å². The van der Waals surface area contributed by atoms with E-state index in [-0.39, 0.29) is 0 Å². The average Bonchev–Trinajstić information content (AvgIpc) is 2.86. The lowest BCUT2D eigenvalue weighted by Gasteiger charge is -2.20. The second-order valence-corrected chi connectivity index (χ2v) is 5.18. The van der Waals surface area contributed by atoms with Gasteiger partial charge in [0.2, 0.25) is 0 Å². The maximum absolute atomic E-state index is 11.7. The number of H-pyrrole nitrogens is 1. The highest BCUT2D eigenvalue weighted by atomic mass is 16.5. The quantitative estimate of drug-likeness (QED) is 0.581. The summed E-state index contributed by atoms with van der Waals surface area (Å²) in [4.78, 5) is 16.7. The van der Waals surface area contributed by atoms with Crippen LogP contribution in [0.3, 0.4) is 0 Å². The molecule has 2 amide bonds. The topological polar surface area (TPSA) is 68.4 Å². The second-order valence-electron chi connectivity index (χ2n) is 5.18. The minimum atomic E-state index is -0.503. The van der Waals surface area contributed by atoms with Crippen molar-refractivity contribution in [2.45, 2.75) is 32.6 Å². The van der Waals surface area contributed by atoms with E-state index in [9.17, 15) is 4.79 Å². The summed E-state index contributed by atoms with van der Waals surface area (Å²) in [6, 6.07) is 5.45. The van der Waals surface area contributed by atoms with Crippen LogP contribution >= 0.6 is 0 Å². The van der Waals surface area contributed by atoms with Gasteiger partial charge in [-0.1, -0.05) is 0 Å². The summed E-state index contributed by atoms with van der Waals surface area (Å²) < 4.78 is 0. The van der Waals surface area contributed by atoms with E-state index in [2.05, 4.69) is 4.98 Å². The number of hydrogen-bond donors (Lipinski definition) is 3. The van der Waals surface area contributed by atoms with Crippen LogP contribution in [0, 0.1) is 0 Å². The SMILES string of the molecule is CCN(C(=O)NO)c1ccc2[nH]c3c(c2c1)CCCC3. The third-order valence-electron chi connectivity index (χ3n) is 4.05. The van der Waals surface area contributed by atoms with Gasteiger partial charge in [-0.3, -0.25) is 10.1 Å². The molecule has 106 valence electrons. The lowest BCUT2D eigenvalue weighted by molar-refractivity contribution is 0.167. The zero-order chi connectivity index (χ0) is 14.1. The van der Waals surface area contributed by atoms with Gasteiger partial charge in [-0.05, 0) is 56.4 Å². The molecule has 0 saturated carbocycles. The van der Waals surface area contributed by atoms with Crippen molar-refractivity contribution < 1.29 is 10.0 Å². The molecule has 0 spiro atoms. The molecule has 1 aromatic heterocycles. The van der Waals surface area contributed by atoms with Gasteiger partial charge >= 0.3 is 6.03 Å². The van der Waals surface area contributed by atoms with Gasteiger partial charge in [-0.25, -0.2) is 10.3 Å². The Bertz CT molecular complexity index is 648. The van der Waals surface area contributed by atoms with Crippen molar-refractivity contribution >= 4 is 22.6 Å². The fraction of sp³-hybridized carbons (Fsp3) is 0.400. The Kier molecular flexibility index (Phi) is 3.36. The van der Waals surface area contributed by atoms with Gasteiger partial charge in [0.05, 0.1) is 0 Å². The largest absolute Gasteiger partial charge is 0.358 e. The lowest BCUT2D eigenvalue weighted by atomic mass is 9.95. The van der Waals surface area contributed by atoms with Crippen LogP contribution < -0.4 is 10.4 Å². The molecule has 5 heteroatoms. The number of nitrogens with zero attached hydrogens (tertiary/aromatic N) is 1. The van der Waals surface area contributed by atoms with Crippen LogP contribution in [-0.2, 0) is 12.8 Å². The fourth-order valence-corrected chi connectivity index (χ4v) is 3.07. The number of fused-ring (bicyclic) bond motifs is 3. The molecule has 0 atom stereocenters. The summed E-state index contributed by atoms with van der Waals surface area (Å²) in [6.45, 7) is 2.39. The molecule has 0 bridgehead atoms. The van der Waals surface area contributed by atoms with E-state index in [0.717, 1.165) is 24.0 Å². The summed E-state index contributed by atoms with van der Waals surface area (Å²) in [5.74, 6) is 0. The maximum atomic E-state index is 11.7. The molecule has 20 heavy (non-hydrogen) atoms. The fourth-order valence-electron chi connectivity index (χ4n) is 3.07. The molecule has 1 heterocycles. The number of aryl methyl sites for hydroxylation is 2. The second kappa shape index (κ2) is 5.17. The standard InChI is InChI=1S/C15H19N3O2/c1-2-18(15(19)17-20)10-7-8-14-12(9-10)11-5-3-4-6-13(11)16-14/h7-9,16,20H,2-6H2,1H3,(H,17,19). The van der Waals surface area contributed by atoms with Crippen LogP contribution in [0.1, 0.15) is 31.0 Å². The predicted molar refractivity (Wildman–Crippen MR) is 78.3 cm³/mol. The van der Waals surface area contributed by atoms with Gasteiger partial charge < -0.3 is 4.98 Å². The number of nitrogens with one attached hydrogen (secondary N) is 2. The van der Waals surface area contributed by atoms with Crippen molar-refractivity contribution in [3.05, 3.63) is 29.5 Å². The number of hydrogen-bond acceptors (Lipinski definition) is 2. The van der Waals surface area contributed by atoms with Crippen LogP contribution in [0.5, 0.6) is 0 Å². The van der Waals surface area contributed by atoms with E-state index >= 15 is 0 Å². The monoisotopic (exact) mass is 273 g/mol. The van der Waals surface area contributed by atoms with Crippen molar-refractivity contribution in [3.63, 3.8) is 0 Å². The molecule has 0 radical (unpaired) electrons. The molecule has 0 aliphatic heterocycles. The van der Waals surface area contributed by atoms with Crippen LogP contribution in [0.4, 0.5) is 10.5 Å². The highest BCUT2D eigenvalue weighted by Gasteiger charge is 2.18. The van der Waals surface area contributed by atoms with Crippen molar-refractivity contribution in [2.75, 3.05) is 11.4 Å². The van der Waals surface area contributed by atoms with Gasteiger partial charge in [0, 0.05) is 28.8 Å². The Balaban J connectivity index is 2.07. The molecule has 1 aliphatic rings. The Morgan fingerprint density at radius 3 is 2.95 bits per heavy atom. The summed E-state index contributed by atoms with van der Waals surface area (Å²) in [5, 5.41) is 10.0. The smallest absolute Gasteiger partial charge is 0.345 e. The zero-order valence-electron chi connectivity index (χ0n) is 11.6. The van der Waals surface area contributed by atoms with E-state index in [4.69, 9.17) is 5.21 Å². The van der Waals surface area contributed by atoms with E-state index in [1.165, 1.54) is 34.4 Å². The van der Waals surface area contributed by atoms with Crippen LogP contribution in [-0.4, -0.2) is 22.8 Å². The molecule has 1 aromatic carbocycles. The van der Waals surface area contributed by atoms with Gasteiger partial charge in [0.25, 0.3) is 0 Å². The predicted octanol–water partition coefficient (Wildman–Crippen LogP) is 2.97. The van der Waals surface area contributed by atoms with Crippen molar-refractivity contribution in [1.29, 1.82) is 0 Å². The van der Waals surface area contributed by atoms with E-state index in [0.29, 0.717) is 6.54 Å². The van der Waals surface area contributed by atoms with Gasteiger partial charge in [-0.15, -0.1) is 0 Å². The van der Waals surface area contributed by atoms with Crippen molar-refractivity contribution in [3.8, 4) is 0 Å². The number of hydroxylamine groups is 1. The average molecular weight is 273 g/mol. The number of urea groups is 1. The third-order valence-corrected chi connectivity index (χ3v) is 4.05. The van der Waals surface area contributed by atoms with Gasteiger partial charge in [0.1, 0.15) is 0 Å². The van der Waals surface area contributed by atoms with E-state index in [1.54, 1.807) is 5.48 Å². The van der Waals surface area contributed by atoms with E-state index < -0.39 is 6.03 Å². The lowest BCUT2D eigenvalue weighted by Crippen LogP contribution is -2.38. The molecule has 3 rings (SSSR count). The highest BCUT2D eigenvalue weighted by molar-refractivity contribution is 5.95. The van der Waals surface area contributed by atoms with Gasteiger partial charge in [-0.2, -0.15) is 0 Å². The first kappa shape index (κ1) is 13.0. The summed E-state index contributed by atoms with van der Waals surface area (Å²) in [6.07, 6.45) is 4.66. The minimum absolute atomic E-state index is 0.503. The van der Waals surface area contributed by atoms with Crippen molar-refractivity contribution in [2.24, 2.45) is 0 Å². The molecule has 0 fully saturated rings. The number of anilines is 1. The first-order valence-electron chi connectivity index (χ1n) is 7.09. The Hall–Kier alpha value is -2.01. The Morgan fingerprint density at radius 2 is 2.20 bits per heavy atom. The molecular formula is C15H19N3O2. The Labute approximate surface area is 117 Å². The van der Waals surface area contributed by atoms with Crippen molar-refractivity contribution in [1.82, 2.24) is 10.5 Å². The number of aromatic amines is 1. The number of benzene rings is 1. The summed E-state index contributed by atoms with van der Waals surface area (Å²) in [7, 11) is 0. The minimum Gasteiger partial charge on any atom is -0.358 e. The zero-order valence-corrected chi connectivity index (χ0v) is 11.6. The Morgan fingerprint density at radius 1 is 1.40 bits per heavy atom. The summed E-state index contributed by atoms with van der Waals surface area (Å²) in [5.41, 5.74) is 6.34. The number of carbonyl (C=O) groups is 1. The van der Waals surface area contributed by atoms with Gasteiger partial charge in [0.15, 0.2) is 0 Å². The maximum Gasteiger partial charge on any atom is 0.345 e. The normalized spacial score (nSPS) is 14.1. The first-order valence-corrected chi connectivity index (χ1v) is 7.09. The number of carbonyl (C=O) groups excluding carboxylic acids is 1. The molecular weight excluding hydrogens is 254 g/mol. The first-order chi connectivity index (χ1) is 9.74. The molecule has 1 aliphatic carbocycles. The molecule has 2 aromatic rings. The molecule has 5 nitrogen and oxygen atoms in total. The number of rotatable bonds is 2. The van der Waals surface area contributed by atoms with Crippen LogP contribution in [0.15, 0.2) is 18.2 Å². The molecule has 0 unspecified atom stereocenters. The van der Waals surface area contributed by atoms with Crippen LogP contribution in [0.2, 0.25) is 0 Å². The van der Waals surface area contributed by atoms with Crippen LogP contribution in [0.25, 0.3) is 10.9 Å². The summed E-state index contributed by atoms with van der Waals surface area (Å²) >= 11 is 0. The highest BCUT2D eigenvalue weighted by Crippen LogP contribution is 2.31. The molecule has 3 N–H and O–H groups in total. The number of amides is 2.